The van der Waals surface area contributed by atoms with E-state index in [1.165, 1.54) is 6.08 Å². The zero-order valence-electron chi connectivity index (χ0n) is 16.7. The van der Waals surface area contributed by atoms with Crippen molar-refractivity contribution in [2.45, 2.75) is 27.0 Å². The van der Waals surface area contributed by atoms with Crippen LogP contribution in [0.2, 0.25) is 5.02 Å². The van der Waals surface area contributed by atoms with Crippen LogP contribution >= 0.6 is 11.6 Å². The van der Waals surface area contributed by atoms with Gasteiger partial charge in [0.15, 0.2) is 0 Å². The number of nitrogens with zero attached hydrogens (tertiary/aromatic N) is 2. The van der Waals surface area contributed by atoms with Crippen molar-refractivity contribution in [3.05, 3.63) is 82.1 Å². The molecule has 0 fully saturated rings. The molecule has 0 N–H and O–H groups in total. The van der Waals surface area contributed by atoms with Crippen molar-refractivity contribution in [3.8, 4) is 11.5 Å². The second kappa shape index (κ2) is 9.43. The second-order valence-electron chi connectivity index (χ2n) is 6.52. The van der Waals surface area contributed by atoms with E-state index in [1.54, 1.807) is 36.2 Å². The lowest BCUT2D eigenvalue weighted by Crippen LogP contribution is -2.01. The summed E-state index contributed by atoms with van der Waals surface area (Å²) >= 11 is 6.00. The van der Waals surface area contributed by atoms with Crippen LogP contribution in [0.1, 0.15) is 34.1 Å². The van der Waals surface area contributed by atoms with E-state index in [1.807, 2.05) is 44.2 Å². The summed E-state index contributed by atoms with van der Waals surface area (Å²) in [5.74, 6) is 1.35. The first-order valence-corrected chi connectivity index (χ1v) is 9.69. The molecule has 1 aromatic heterocycles. The van der Waals surface area contributed by atoms with E-state index in [0.29, 0.717) is 17.3 Å². The van der Waals surface area contributed by atoms with Gasteiger partial charge >= 0.3 is 0 Å². The lowest BCUT2D eigenvalue weighted by molar-refractivity contribution is 0.104. The highest BCUT2D eigenvalue weighted by atomic mass is 35.5. The van der Waals surface area contributed by atoms with E-state index >= 15 is 0 Å². The van der Waals surface area contributed by atoms with Crippen molar-refractivity contribution in [3.63, 3.8) is 0 Å². The van der Waals surface area contributed by atoms with Crippen LogP contribution in [0.5, 0.6) is 11.5 Å². The van der Waals surface area contributed by atoms with Crippen molar-refractivity contribution in [1.82, 2.24) is 9.78 Å². The van der Waals surface area contributed by atoms with Crippen LogP contribution < -0.4 is 9.47 Å². The molecule has 0 aliphatic rings. The minimum absolute atomic E-state index is 0.136. The van der Waals surface area contributed by atoms with Crippen molar-refractivity contribution < 1.29 is 14.3 Å². The molecular weight excluding hydrogens is 388 g/mol. The van der Waals surface area contributed by atoms with Crippen LogP contribution in [0.3, 0.4) is 0 Å². The molecule has 5 nitrogen and oxygen atoms in total. The number of aryl methyl sites for hydroxylation is 2. The van der Waals surface area contributed by atoms with Crippen molar-refractivity contribution in [1.29, 1.82) is 0 Å². The van der Waals surface area contributed by atoms with Gasteiger partial charge in [0.2, 0.25) is 5.78 Å². The molecule has 0 unspecified atom stereocenters. The van der Waals surface area contributed by atoms with Gasteiger partial charge in [0.05, 0.1) is 7.11 Å². The number of allylic oxidation sites excluding steroid dienone is 1. The lowest BCUT2D eigenvalue weighted by Gasteiger charge is -2.13. The highest BCUT2D eigenvalue weighted by Crippen LogP contribution is 2.26. The molecule has 3 aromatic rings. The fourth-order valence-corrected chi connectivity index (χ4v) is 3.10. The first-order chi connectivity index (χ1) is 14.0. The molecule has 0 bridgehead atoms. The molecule has 0 aliphatic heterocycles. The Kier molecular flexibility index (Phi) is 6.73. The van der Waals surface area contributed by atoms with Crippen LogP contribution in [0.4, 0.5) is 0 Å². The molecule has 2 aromatic carbocycles. The molecule has 6 heteroatoms. The predicted molar refractivity (Wildman–Crippen MR) is 115 cm³/mol. The predicted octanol–water partition coefficient (Wildman–Crippen LogP) is 5.35. The number of carbonyl (C=O) groups is 1. The van der Waals surface area contributed by atoms with E-state index in [0.717, 1.165) is 34.7 Å². The zero-order chi connectivity index (χ0) is 20.8. The smallest absolute Gasteiger partial charge is 0.206 e. The topological polar surface area (TPSA) is 53.4 Å². The molecule has 0 saturated heterocycles. The Morgan fingerprint density at radius 1 is 1.17 bits per heavy atom. The molecule has 0 radical (unpaired) electrons. The third kappa shape index (κ3) is 5.27. The Hall–Kier alpha value is -3.05. The maximum Gasteiger partial charge on any atom is 0.206 e. The maximum absolute atomic E-state index is 12.3. The van der Waals surface area contributed by atoms with Crippen LogP contribution in [0.25, 0.3) is 6.08 Å². The van der Waals surface area contributed by atoms with Crippen LogP contribution in [0.15, 0.2) is 54.7 Å². The first kappa shape index (κ1) is 20.7. The summed E-state index contributed by atoms with van der Waals surface area (Å²) in [5, 5.41) is 4.90. The summed E-state index contributed by atoms with van der Waals surface area (Å²) in [6.07, 6.45) is 5.09. The lowest BCUT2D eigenvalue weighted by atomic mass is 10.1. The summed E-state index contributed by atoms with van der Waals surface area (Å²) in [7, 11) is 1.62. The number of ketones is 1. The Bertz CT molecular complexity index is 1040. The van der Waals surface area contributed by atoms with Crippen LogP contribution in [0, 0.1) is 6.92 Å². The minimum Gasteiger partial charge on any atom is -0.496 e. The monoisotopic (exact) mass is 410 g/mol. The molecule has 0 atom stereocenters. The summed E-state index contributed by atoms with van der Waals surface area (Å²) < 4.78 is 13.1. The molecular formula is C23H23ClN2O3. The maximum atomic E-state index is 12.3. The molecule has 1 heterocycles. The number of hydrogen-bond acceptors (Lipinski definition) is 4. The molecule has 150 valence electrons. The number of ether oxygens (including phenoxy) is 2. The Labute approximate surface area is 175 Å². The van der Waals surface area contributed by atoms with Crippen molar-refractivity contribution in [2.24, 2.45) is 0 Å². The SMILES string of the molecule is CCn1ccc(C(=O)/C=C/c2ccc(OC)c(COc3ccc(Cl)cc3C)c2)n1. The number of benzene rings is 2. The molecule has 29 heavy (non-hydrogen) atoms. The van der Waals surface area contributed by atoms with E-state index in [9.17, 15) is 4.79 Å². The second-order valence-corrected chi connectivity index (χ2v) is 6.96. The number of rotatable bonds is 8. The van der Waals surface area contributed by atoms with Crippen LogP contribution in [-0.4, -0.2) is 22.7 Å². The Morgan fingerprint density at radius 2 is 1.97 bits per heavy atom. The molecule has 0 amide bonds. The average Bonchev–Trinajstić information content (AvgIpc) is 3.21. The fourth-order valence-electron chi connectivity index (χ4n) is 2.87. The van der Waals surface area contributed by atoms with Crippen molar-refractivity contribution >= 4 is 23.5 Å². The third-order valence-corrected chi connectivity index (χ3v) is 4.70. The highest BCUT2D eigenvalue weighted by Gasteiger charge is 2.08. The van der Waals surface area contributed by atoms with Gasteiger partial charge in [-0.25, -0.2) is 0 Å². The summed E-state index contributed by atoms with van der Waals surface area (Å²) in [5.41, 5.74) is 3.15. The van der Waals surface area contributed by atoms with Gasteiger partial charge < -0.3 is 9.47 Å². The molecule has 0 aliphatic carbocycles. The number of carbonyl (C=O) groups excluding carboxylic acids is 1. The number of aromatic nitrogens is 2. The number of hydrogen-bond donors (Lipinski definition) is 0. The molecule has 3 rings (SSSR count). The fraction of sp³-hybridized carbons (Fsp3) is 0.217. The third-order valence-electron chi connectivity index (χ3n) is 4.47. The largest absolute Gasteiger partial charge is 0.496 e. The van der Waals surface area contributed by atoms with Gasteiger partial charge in [-0.3, -0.25) is 9.48 Å². The summed E-state index contributed by atoms with van der Waals surface area (Å²) in [6.45, 7) is 4.99. The number of methoxy groups -OCH3 is 1. The zero-order valence-corrected chi connectivity index (χ0v) is 17.4. The first-order valence-electron chi connectivity index (χ1n) is 9.32. The van der Waals surface area contributed by atoms with Gasteiger partial charge in [0.1, 0.15) is 23.8 Å². The standard InChI is InChI=1S/C23H23ClN2O3/c1-4-26-12-11-20(25-26)21(27)8-5-17-6-9-23(28-3)18(14-17)15-29-22-10-7-19(24)13-16(22)2/h5-14H,4,15H2,1-3H3/b8-5+. The van der Waals surface area contributed by atoms with Gasteiger partial charge in [0, 0.05) is 23.3 Å². The average molecular weight is 411 g/mol. The van der Waals surface area contributed by atoms with E-state index < -0.39 is 0 Å². The summed E-state index contributed by atoms with van der Waals surface area (Å²) in [6, 6.07) is 12.9. The molecule has 0 saturated carbocycles. The Balaban J connectivity index is 1.74. The highest BCUT2D eigenvalue weighted by molar-refractivity contribution is 6.30. The molecule has 0 spiro atoms. The van der Waals surface area contributed by atoms with Gasteiger partial charge in [-0.15, -0.1) is 0 Å². The van der Waals surface area contributed by atoms with Crippen molar-refractivity contribution in [2.75, 3.05) is 7.11 Å². The van der Waals surface area contributed by atoms with Gasteiger partial charge in [-0.05, 0) is 67.4 Å². The summed E-state index contributed by atoms with van der Waals surface area (Å²) in [4.78, 5) is 12.3. The normalized spacial score (nSPS) is 11.0. The van der Waals surface area contributed by atoms with E-state index in [4.69, 9.17) is 21.1 Å². The van der Waals surface area contributed by atoms with Gasteiger partial charge in [-0.2, -0.15) is 5.10 Å². The van der Waals surface area contributed by atoms with Gasteiger partial charge in [0.25, 0.3) is 0 Å². The quantitative estimate of drug-likeness (QED) is 0.371. The van der Waals surface area contributed by atoms with Crippen LogP contribution in [-0.2, 0) is 13.2 Å². The number of halogens is 1. The van der Waals surface area contributed by atoms with E-state index in [-0.39, 0.29) is 5.78 Å². The van der Waals surface area contributed by atoms with Gasteiger partial charge in [-0.1, -0.05) is 23.7 Å². The van der Waals surface area contributed by atoms with E-state index in [2.05, 4.69) is 5.10 Å². The Morgan fingerprint density at radius 3 is 2.66 bits per heavy atom. The minimum atomic E-state index is -0.136.